The number of rotatable bonds is 4. The maximum absolute atomic E-state index is 12.8. The average Bonchev–Trinajstić information content (AvgIpc) is 2.41. The quantitative estimate of drug-likeness (QED) is 0.889. The molecule has 0 radical (unpaired) electrons. The van der Waals surface area contributed by atoms with Gasteiger partial charge in [-0.05, 0) is 38.8 Å². The van der Waals surface area contributed by atoms with E-state index in [1.807, 2.05) is 34.6 Å². The number of pyridine rings is 1. The SMILES string of the molecule is Cc1ccc(O)c(NC(=O)C(C(C)C)N2CC(C)OC(C)C2)n1. The van der Waals surface area contributed by atoms with Crippen LogP contribution in [-0.4, -0.2) is 52.2 Å². The molecule has 1 fully saturated rings. The van der Waals surface area contributed by atoms with Crippen molar-refractivity contribution < 1.29 is 14.6 Å². The van der Waals surface area contributed by atoms with Gasteiger partial charge in [-0.15, -0.1) is 0 Å². The van der Waals surface area contributed by atoms with Crippen LogP contribution in [0.15, 0.2) is 12.1 Å². The number of aryl methyl sites for hydroxylation is 1. The molecule has 2 N–H and O–H groups in total. The van der Waals surface area contributed by atoms with Crippen LogP contribution in [0.1, 0.15) is 33.4 Å². The molecule has 0 saturated carbocycles. The van der Waals surface area contributed by atoms with E-state index in [0.29, 0.717) is 13.1 Å². The molecule has 1 aliphatic heterocycles. The number of ether oxygens (including phenoxy) is 1. The molecule has 3 atom stereocenters. The molecule has 1 amide bonds. The Morgan fingerprint density at radius 2 is 1.96 bits per heavy atom. The molecule has 3 unspecified atom stereocenters. The van der Waals surface area contributed by atoms with E-state index < -0.39 is 0 Å². The van der Waals surface area contributed by atoms with E-state index in [9.17, 15) is 9.90 Å². The van der Waals surface area contributed by atoms with Gasteiger partial charge < -0.3 is 15.2 Å². The Morgan fingerprint density at radius 1 is 1.35 bits per heavy atom. The fourth-order valence-corrected chi connectivity index (χ4v) is 3.17. The smallest absolute Gasteiger partial charge is 0.243 e. The molecule has 0 aromatic carbocycles. The second-order valence-electron chi connectivity index (χ2n) is 6.71. The minimum absolute atomic E-state index is 0.0184. The summed E-state index contributed by atoms with van der Waals surface area (Å²) in [5, 5.41) is 12.7. The minimum Gasteiger partial charge on any atom is -0.504 e. The predicted octanol–water partition coefficient (Wildman–Crippen LogP) is 2.17. The zero-order valence-corrected chi connectivity index (χ0v) is 14.5. The van der Waals surface area contributed by atoms with E-state index in [-0.39, 0.29) is 41.6 Å². The summed E-state index contributed by atoms with van der Waals surface area (Å²) in [5.74, 6) is 0.194. The molecule has 0 spiro atoms. The highest BCUT2D eigenvalue weighted by atomic mass is 16.5. The van der Waals surface area contributed by atoms with Gasteiger partial charge in [-0.2, -0.15) is 0 Å². The number of aromatic hydroxyl groups is 1. The van der Waals surface area contributed by atoms with Crippen LogP contribution in [0, 0.1) is 12.8 Å². The molecule has 2 rings (SSSR count). The van der Waals surface area contributed by atoms with Gasteiger partial charge in [-0.1, -0.05) is 13.8 Å². The zero-order chi connectivity index (χ0) is 17.1. The van der Waals surface area contributed by atoms with E-state index in [4.69, 9.17) is 4.74 Å². The van der Waals surface area contributed by atoms with Gasteiger partial charge in [-0.25, -0.2) is 4.98 Å². The minimum atomic E-state index is -0.287. The molecule has 1 aromatic heterocycles. The number of carbonyl (C=O) groups excluding carboxylic acids is 1. The summed E-state index contributed by atoms with van der Waals surface area (Å²) >= 11 is 0. The topological polar surface area (TPSA) is 74.7 Å². The number of amides is 1. The second kappa shape index (κ2) is 7.27. The summed E-state index contributed by atoms with van der Waals surface area (Å²) in [4.78, 5) is 19.1. The fourth-order valence-electron chi connectivity index (χ4n) is 3.17. The van der Waals surface area contributed by atoms with Crippen LogP contribution in [0.25, 0.3) is 0 Å². The lowest BCUT2D eigenvalue weighted by atomic mass is 9.99. The van der Waals surface area contributed by atoms with Crippen LogP contribution in [0.4, 0.5) is 5.82 Å². The Hall–Kier alpha value is -1.66. The van der Waals surface area contributed by atoms with Gasteiger partial charge in [0.05, 0.1) is 18.2 Å². The molecule has 2 heterocycles. The molecule has 1 saturated heterocycles. The van der Waals surface area contributed by atoms with Crippen LogP contribution < -0.4 is 5.32 Å². The van der Waals surface area contributed by atoms with Crippen molar-refractivity contribution in [1.29, 1.82) is 0 Å². The van der Waals surface area contributed by atoms with Crippen LogP contribution in [0.2, 0.25) is 0 Å². The van der Waals surface area contributed by atoms with Crippen molar-refractivity contribution in [3.8, 4) is 5.75 Å². The molecule has 0 aliphatic carbocycles. The molecule has 128 valence electrons. The van der Waals surface area contributed by atoms with E-state index in [1.165, 1.54) is 0 Å². The standard InChI is InChI=1S/C17H27N3O3/c1-10(2)15(20-8-12(4)23-13(5)9-20)17(22)19-16-14(21)7-6-11(3)18-16/h6-7,10,12-13,15,21H,8-9H2,1-5H3,(H,18,19,22). The summed E-state index contributed by atoms with van der Waals surface area (Å²) in [6.07, 6.45) is 0.191. The number of hydrogen-bond donors (Lipinski definition) is 2. The Kier molecular flexibility index (Phi) is 5.59. The van der Waals surface area contributed by atoms with Crippen LogP contribution in [0.5, 0.6) is 5.75 Å². The van der Waals surface area contributed by atoms with Gasteiger partial charge in [-0.3, -0.25) is 9.69 Å². The normalized spacial score (nSPS) is 23.7. The van der Waals surface area contributed by atoms with E-state index in [0.717, 1.165) is 5.69 Å². The van der Waals surface area contributed by atoms with E-state index in [1.54, 1.807) is 12.1 Å². The Bertz CT molecular complexity index is 552. The summed E-state index contributed by atoms with van der Waals surface area (Å²) in [7, 11) is 0. The third-order valence-corrected chi connectivity index (χ3v) is 4.00. The molecule has 23 heavy (non-hydrogen) atoms. The van der Waals surface area contributed by atoms with Gasteiger partial charge in [0, 0.05) is 18.8 Å². The van der Waals surface area contributed by atoms with Gasteiger partial charge in [0.2, 0.25) is 5.91 Å². The first-order valence-corrected chi connectivity index (χ1v) is 8.15. The molecule has 6 nitrogen and oxygen atoms in total. The second-order valence-corrected chi connectivity index (χ2v) is 6.71. The fraction of sp³-hybridized carbons (Fsp3) is 0.647. The van der Waals surface area contributed by atoms with Crippen molar-refractivity contribution >= 4 is 11.7 Å². The van der Waals surface area contributed by atoms with Crippen molar-refractivity contribution in [2.24, 2.45) is 5.92 Å². The Morgan fingerprint density at radius 3 is 2.52 bits per heavy atom. The molecule has 1 aromatic rings. The summed E-state index contributed by atoms with van der Waals surface area (Å²) < 4.78 is 5.75. The largest absolute Gasteiger partial charge is 0.504 e. The Balaban J connectivity index is 2.17. The third kappa shape index (κ3) is 4.42. The average molecular weight is 321 g/mol. The number of anilines is 1. The molecular weight excluding hydrogens is 294 g/mol. The van der Waals surface area contributed by atoms with Gasteiger partial charge in [0.1, 0.15) is 0 Å². The van der Waals surface area contributed by atoms with Crippen LogP contribution >= 0.6 is 0 Å². The van der Waals surface area contributed by atoms with Crippen LogP contribution in [-0.2, 0) is 9.53 Å². The number of carbonyl (C=O) groups is 1. The van der Waals surface area contributed by atoms with Gasteiger partial charge >= 0.3 is 0 Å². The molecular formula is C17H27N3O3. The first-order chi connectivity index (χ1) is 10.8. The van der Waals surface area contributed by atoms with E-state index in [2.05, 4.69) is 15.2 Å². The monoisotopic (exact) mass is 321 g/mol. The lowest BCUT2D eigenvalue weighted by Gasteiger charge is -2.40. The van der Waals surface area contributed by atoms with Crippen molar-refractivity contribution in [2.45, 2.75) is 52.9 Å². The summed E-state index contributed by atoms with van der Waals surface area (Å²) in [6, 6.07) is 2.96. The van der Waals surface area contributed by atoms with Crippen LogP contribution in [0.3, 0.4) is 0 Å². The van der Waals surface area contributed by atoms with Crippen molar-refractivity contribution in [1.82, 2.24) is 9.88 Å². The van der Waals surface area contributed by atoms with Crippen molar-refractivity contribution in [3.05, 3.63) is 17.8 Å². The number of nitrogens with zero attached hydrogens (tertiary/aromatic N) is 2. The number of morpholine rings is 1. The van der Waals surface area contributed by atoms with Crippen molar-refractivity contribution in [3.63, 3.8) is 0 Å². The first-order valence-electron chi connectivity index (χ1n) is 8.15. The van der Waals surface area contributed by atoms with Crippen molar-refractivity contribution in [2.75, 3.05) is 18.4 Å². The molecule has 1 aliphatic rings. The molecule has 0 bridgehead atoms. The van der Waals surface area contributed by atoms with E-state index >= 15 is 0 Å². The van der Waals surface area contributed by atoms with Gasteiger partial charge in [0.15, 0.2) is 11.6 Å². The highest BCUT2D eigenvalue weighted by Crippen LogP contribution is 2.23. The maximum Gasteiger partial charge on any atom is 0.243 e. The predicted molar refractivity (Wildman–Crippen MR) is 89.5 cm³/mol. The number of nitrogens with one attached hydrogen (secondary N) is 1. The zero-order valence-electron chi connectivity index (χ0n) is 14.5. The lowest BCUT2D eigenvalue weighted by Crippen LogP contribution is -2.55. The summed E-state index contributed by atoms with van der Waals surface area (Å²) in [5.41, 5.74) is 0.743. The molecule has 6 heteroatoms. The maximum atomic E-state index is 12.8. The first kappa shape index (κ1) is 17.7. The Labute approximate surface area is 137 Å². The third-order valence-electron chi connectivity index (χ3n) is 4.00. The highest BCUT2D eigenvalue weighted by Gasteiger charge is 2.34. The highest BCUT2D eigenvalue weighted by molar-refractivity contribution is 5.95. The number of aromatic nitrogens is 1. The van der Waals surface area contributed by atoms with Gasteiger partial charge in [0.25, 0.3) is 0 Å². The number of hydrogen-bond acceptors (Lipinski definition) is 5. The lowest BCUT2D eigenvalue weighted by molar-refractivity contribution is -0.130. The summed E-state index contributed by atoms with van der Waals surface area (Å²) in [6.45, 7) is 11.3.